The number of hydrogen-bond acceptors (Lipinski definition) is 6. The van der Waals surface area contributed by atoms with Gasteiger partial charge in [-0.1, -0.05) is 36.3 Å². The first-order chi connectivity index (χ1) is 14.4. The largest absolute Gasteiger partial charge is 0.497 e. The quantitative estimate of drug-likeness (QED) is 0.333. The Kier molecular flexibility index (Phi) is 6.42. The molecule has 7 nitrogen and oxygen atoms in total. The molecule has 0 atom stereocenters. The maximum absolute atomic E-state index is 13.6. The Bertz CT molecular complexity index is 1180. The highest BCUT2D eigenvalue weighted by Gasteiger charge is 2.32. The number of carbonyl (C=O) groups excluding carboxylic acids is 1. The van der Waals surface area contributed by atoms with Crippen molar-refractivity contribution in [3.63, 3.8) is 0 Å². The number of hydroxylamine groups is 1. The van der Waals surface area contributed by atoms with E-state index in [1.165, 1.54) is 36.8 Å². The Labute approximate surface area is 178 Å². The maximum Gasteiger partial charge on any atom is 0.277 e. The minimum Gasteiger partial charge on any atom is -0.497 e. The van der Waals surface area contributed by atoms with Crippen molar-refractivity contribution in [2.75, 3.05) is 11.4 Å². The number of terminal acetylenes is 1. The summed E-state index contributed by atoms with van der Waals surface area (Å²) in [4.78, 5) is 12.5. The summed E-state index contributed by atoms with van der Waals surface area (Å²) in [6.07, 6.45) is 5.58. The molecule has 0 aliphatic rings. The van der Waals surface area contributed by atoms with Crippen molar-refractivity contribution in [3.8, 4) is 18.1 Å². The van der Waals surface area contributed by atoms with Crippen molar-refractivity contribution in [1.82, 2.24) is 5.48 Å². The van der Waals surface area contributed by atoms with Crippen molar-refractivity contribution in [1.29, 1.82) is 0 Å². The molecule has 1 aromatic heterocycles. The van der Waals surface area contributed by atoms with Gasteiger partial charge in [0.1, 0.15) is 10.6 Å². The predicted octanol–water partition coefficient (Wildman–Crippen LogP) is 3.25. The maximum atomic E-state index is 13.6. The number of rotatable bonds is 7. The molecule has 2 aromatic carbocycles. The third-order valence-electron chi connectivity index (χ3n) is 4.31. The van der Waals surface area contributed by atoms with Gasteiger partial charge in [0.15, 0.2) is 0 Å². The first-order valence-electron chi connectivity index (χ1n) is 8.65. The Morgan fingerprint density at radius 2 is 1.87 bits per heavy atom. The number of nitrogens with zero attached hydrogens (tertiary/aromatic N) is 1. The van der Waals surface area contributed by atoms with E-state index in [0.29, 0.717) is 11.3 Å². The van der Waals surface area contributed by atoms with Gasteiger partial charge in [-0.2, -0.15) is 0 Å². The second-order valence-electron chi connectivity index (χ2n) is 6.09. The van der Waals surface area contributed by atoms with E-state index >= 15 is 0 Å². The first-order valence-corrected chi connectivity index (χ1v) is 11.0. The monoisotopic (exact) mass is 442 g/mol. The second-order valence-corrected chi connectivity index (χ2v) is 8.83. The van der Waals surface area contributed by atoms with Crippen LogP contribution in [-0.4, -0.2) is 26.6 Å². The van der Waals surface area contributed by atoms with E-state index in [9.17, 15) is 13.2 Å². The minimum atomic E-state index is -4.12. The molecule has 3 aromatic rings. The van der Waals surface area contributed by atoms with E-state index < -0.39 is 15.9 Å². The van der Waals surface area contributed by atoms with Crippen LogP contribution < -0.4 is 14.5 Å². The molecule has 0 saturated heterocycles. The summed E-state index contributed by atoms with van der Waals surface area (Å²) in [5, 5.41) is 10.5. The van der Waals surface area contributed by atoms with Crippen LogP contribution in [0.1, 0.15) is 20.8 Å². The van der Waals surface area contributed by atoms with E-state index in [0.717, 1.165) is 15.6 Å². The van der Waals surface area contributed by atoms with Gasteiger partial charge >= 0.3 is 0 Å². The fourth-order valence-electron chi connectivity index (χ4n) is 2.83. The van der Waals surface area contributed by atoms with Crippen LogP contribution in [0.5, 0.6) is 5.75 Å². The molecule has 2 N–H and O–H groups in total. The number of ether oxygens (including phenoxy) is 1. The zero-order valence-electron chi connectivity index (χ0n) is 15.9. The SMILES string of the molecule is C#Cc1scc(C(=O)NO)c1N(Cc1ccccc1)S(=O)(=O)c1ccc(OC)cc1. The van der Waals surface area contributed by atoms with Crippen LogP contribution >= 0.6 is 11.3 Å². The van der Waals surface area contributed by atoms with Crippen LogP contribution in [-0.2, 0) is 16.6 Å². The van der Waals surface area contributed by atoms with Gasteiger partial charge in [0.2, 0.25) is 0 Å². The van der Waals surface area contributed by atoms with Crippen LogP contribution in [0.3, 0.4) is 0 Å². The molecule has 1 heterocycles. The number of benzene rings is 2. The third kappa shape index (κ3) is 4.16. The first kappa shape index (κ1) is 21.4. The molecule has 30 heavy (non-hydrogen) atoms. The van der Waals surface area contributed by atoms with Gasteiger partial charge in [-0.05, 0) is 29.8 Å². The fourth-order valence-corrected chi connectivity index (χ4v) is 5.23. The number of amides is 1. The smallest absolute Gasteiger partial charge is 0.277 e. The molecule has 0 bridgehead atoms. The topological polar surface area (TPSA) is 95.9 Å². The van der Waals surface area contributed by atoms with Crippen LogP contribution in [0.25, 0.3) is 0 Å². The summed E-state index contributed by atoms with van der Waals surface area (Å²) in [6.45, 7) is -0.0632. The average molecular weight is 443 g/mol. The number of nitrogens with one attached hydrogen (secondary N) is 1. The van der Waals surface area contributed by atoms with Crippen molar-refractivity contribution in [2.45, 2.75) is 11.4 Å². The standard InChI is InChI=1S/C21H18N2O5S2/c1-3-19-20(18(14-29-19)21(24)22-25)23(13-15-7-5-4-6-8-15)30(26,27)17-11-9-16(28-2)10-12-17/h1,4-12,14,25H,13H2,2H3,(H,22,24). The molecule has 0 spiro atoms. The summed E-state index contributed by atoms with van der Waals surface area (Å²) in [6, 6.07) is 14.8. The highest BCUT2D eigenvalue weighted by molar-refractivity contribution is 7.92. The zero-order valence-corrected chi connectivity index (χ0v) is 17.5. The number of sulfonamides is 1. The lowest BCUT2D eigenvalue weighted by Crippen LogP contribution is -2.33. The summed E-state index contributed by atoms with van der Waals surface area (Å²) in [7, 11) is -2.64. The number of thiophene rings is 1. The number of hydrogen-bond donors (Lipinski definition) is 2. The molecule has 0 aliphatic carbocycles. The summed E-state index contributed by atoms with van der Waals surface area (Å²) < 4.78 is 33.4. The molecular weight excluding hydrogens is 424 g/mol. The minimum absolute atomic E-state index is 0.00348. The molecule has 0 saturated carbocycles. The zero-order chi connectivity index (χ0) is 21.7. The molecule has 0 unspecified atom stereocenters. The van der Waals surface area contributed by atoms with E-state index in [-0.39, 0.29) is 27.6 Å². The Morgan fingerprint density at radius 1 is 1.20 bits per heavy atom. The summed E-state index contributed by atoms with van der Waals surface area (Å²) >= 11 is 1.04. The van der Waals surface area contributed by atoms with Gasteiger partial charge in [0, 0.05) is 5.38 Å². The van der Waals surface area contributed by atoms with Gasteiger partial charge in [-0.25, -0.2) is 13.9 Å². The van der Waals surface area contributed by atoms with Gasteiger partial charge < -0.3 is 4.74 Å². The van der Waals surface area contributed by atoms with Crippen molar-refractivity contribution in [2.24, 2.45) is 0 Å². The van der Waals surface area contributed by atoms with E-state index in [2.05, 4.69) is 5.92 Å². The Hall–Kier alpha value is -3.32. The van der Waals surface area contributed by atoms with Crippen LogP contribution in [0.15, 0.2) is 64.9 Å². The number of methoxy groups -OCH3 is 1. The lowest BCUT2D eigenvalue weighted by Gasteiger charge is -2.25. The molecule has 3 rings (SSSR count). The van der Waals surface area contributed by atoms with Crippen molar-refractivity contribution < 1.29 is 23.2 Å². The fraction of sp³-hybridized carbons (Fsp3) is 0.0952. The number of anilines is 1. The van der Waals surface area contributed by atoms with Crippen LogP contribution in [0, 0.1) is 12.3 Å². The summed E-state index contributed by atoms with van der Waals surface area (Å²) in [5.74, 6) is 2.08. The van der Waals surface area contributed by atoms with Gasteiger partial charge in [0.25, 0.3) is 15.9 Å². The third-order valence-corrected chi connectivity index (χ3v) is 6.97. The van der Waals surface area contributed by atoms with Crippen LogP contribution in [0.2, 0.25) is 0 Å². The average Bonchev–Trinajstić information content (AvgIpc) is 3.21. The van der Waals surface area contributed by atoms with E-state index in [1.807, 2.05) is 6.07 Å². The van der Waals surface area contributed by atoms with Gasteiger partial charge in [0.05, 0.1) is 29.8 Å². The molecule has 0 fully saturated rings. The van der Waals surface area contributed by atoms with Crippen LogP contribution in [0.4, 0.5) is 5.69 Å². The second kappa shape index (κ2) is 9.00. The molecule has 154 valence electrons. The molecule has 9 heteroatoms. The Morgan fingerprint density at radius 3 is 2.43 bits per heavy atom. The lowest BCUT2D eigenvalue weighted by molar-refractivity contribution is 0.0707. The van der Waals surface area contributed by atoms with Gasteiger partial charge in [-0.3, -0.25) is 14.3 Å². The normalized spacial score (nSPS) is 10.8. The Balaban J connectivity index is 2.20. The lowest BCUT2D eigenvalue weighted by atomic mass is 10.2. The highest BCUT2D eigenvalue weighted by atomic mass is 32.2. The molecule has 1 amide bonds. The predicted molar refractivity (Wildman–Crippen MR) is 114 cm³/mol. The summed E-state index contributed by atoms with van der Waals surface area (Å²) in [5.41, 5.74) is 2.24. The van der Waals surface area contributed by atoms with E-state index in [1.54, 1.807) is 29.7 Å². The van der Waals surface area contributed by atoms with Crippen molar-refractivity contribution >= 4 is 33.0 Å². The van der Waals surface area contributed by atoms with Crippen molar-refractivity contribution in [3.05, 3.63) is 76.0 Å². The molecule has 0 radical (unpaired) electrons. The molecule has 0 aliphatic heterocycles. The molecular formula is C21H18N2O5S2. The van der Waals surface area contributed by atoms with Gasteiger partial charge in [-0.15, -0.1) is 17.8 Å². The number of carbonyl (C=O) groups is 1. The van der Waals surface area contributed by atoms with E-state index in [4.69, 9.17) is 16.4 Å². The highest BCUT2D eigenvalue weighted by Crippen LogP contribution is 2.36.